The predicted molar refractivity (Wildman–Crippen MR) is 115 cm³/mol. The lowest BCUT2D eigenvalue weighted by Crippen LogP contribution is -2.40. The fraction of sp³-hybridized carbons (Fsp3) is 0.273. The molecule has 0 aliphatic carbocycles. The number of carbonyl (C=O) groups is 2. The van der Waals surface area contributed by atoms with Crippen molar-refractivity contribution in [1.82, 2.24) is 14.7 Å². The normalized spacial score (nSPS) is 10.9. The minimum Gasteiger partial charge on any atom is -0.333 e. The van der Waals surface area contributed by atoms with Crippen molar-refractivity contribution < 1.29 is 22.8 Å². The van der Waals surface area contributed by atoms with Crippen molar-refractivity contribution in [3.8, 4) is 0 Å². The van der Waals surface area contributed by atoms with Gasteiger partial charge < -0.3 is 10.2 Å². The topological polar surface area (TPSA) is 104 Å². The van der Waals surface area contributed by atoms with Crippen LogP contribution in [0.15, 0.2) is 46.0 Å². The molecule has 11 heteroatoms. The van der Waals surface area contributed by atoms with E-state index in [0.29, 0.717) is 12.5 Å². The number of nitrogens with one attached hydrogen (secondary N) is 2. The molecule has 0 atom stereocenters. The Labute approximate surface area is 185 Å². The fourth-order valence-corrected chi connectivity index (χ4v) is 3.32. The van der Waals surface area contributed by atoms with Gasteiger partial charge in [0.1, 0.15) is 0 Å². The lowest BCUT2D eigenvalue weighted by atomic mass is 10.2. The van der Waals surface area contributed by atoms with Crippen LogP contribution in [0.3, 0.4) is 0 Å². The van der Waals surface area contributed by atoms with Gasteiger partial charge in [-0.15, -0.1) is 0 Å². The fourth-order valence-electron chi connectivity index (χ4n) is 3.32. The summed E-state index contributed by atoms with van der Waals surface area (Å²) in [5, 5.41) is 4.99. The van der Waals surface area contributed by atoms with Gasteiger partial charge in [0.15, 0.2) is 17.5 Å². The average molecular weight is 462 g/mol. The quantitative estimate of drug-likeness (QED) is 0.502. The van der Waals surface area contributed by atoms with Crippen LogP contribution >= 0.6 is 0 Å². The number of hydrogen-bond donors (Lipinski definition) is 2. The molecule has 174 valence electrons. The zero-order valence-corrected chi connectivity index (χ0v) is 17.7. The second-order valence-corrected chi connectivity index (χ2v) is 7.28. The van der Waals surface area contributed by atoms with Crippen molar-refractivity contribution in [3.63, 3.8) is 0 Å². The maximum absolute atomic E-state index is 13.8. The van der Waals surface area contributed by atoms with Gasteiger partial charge in [0.05, 0.1) is 29.5 Å². The van der Waals surface area contributed by atoms with Gasteiger partial charge in [0.2, 0.25) is 11.8 Å². The molecular formula is C22H21F3N4O4. The number of halogens is 3. The van der Waals surface area contributed by atoms with Crippen LogP contribution in [0, 0.1) is 17.5 Å². The lowest BCUT2D eigenvalue weighted by molar-refractivity contribution is -0.135. The third kappa shape index (κ3) is 5.30. The Balaban J connectivity index is 1.69. The summed E-state index contributed by atoms with van der Waals surface area (Å²) in [5.41, 5.74) is -1.49. The smallest absolute Gasteiger partial charge is 0.273 e. The Morgan fingerprint density at radius 2 is 1.73 bits per heavy atom. The van der Waals surface area contributed by atoms with Gasteiger partial charge in [0, 0.05) is 13.0 Å². The van der Waals surface area contributed by atoms with E-state index in [1.165, 1.54) is 17.0 Å². The number of amides is 2. The highest BCUT2D eigenvalue weighted by atomic mass is 19.2. The minimum atomic E-state index is -1.72. The molecule has 3 aromatic rings. The lowest BCUT2D eigenvalue weighted by Gasteiger charge is -2.22. The number of fused-ring (bicyclic) bond motifs is 1. The van der Waals surface area contributed by atoms with Crippen molar-refractivity contribution in [2.45, 2.75) is 26.3 Å². The Hall–Kier alpha value is -3.89. The highest BCUT2D eigenvalue weighted by molar-refractivity contribution is 5.94. The monoisotopic (exact) mass is 462 g/mol. The van der Waals surface area contributed by atoms with Gasteiger partial charge in [-0.05, 0) is 30.7 Å². The largest absolute Gasteiger partial charge is 0.333 e. The molecule has 2 amide bonds. The summed E-state index contributed by atoms with van der Waals surface area (Å²) in [6.45, 7) is 1.37. The van der Waals surface area contributed by atoms with Crippen LogP contribution in [0.2, 0.25) is 0 Å². The molecule has 2 aromatic carbocycles. The predicted octanol–water partition coefficient (Wildman–Crippen LogP) is 2.37. The van der Waals surface area contributed by atoms with Gasteiger partial charge in [-0.2, -0.15) is 0 Å². The van der Waals surface area contributed by atoms with Crippen LogP contribution in [0.1, 0.15) is 19.8 Å². The minimum absolute atomic E-state index is 0.128. The van der Waals surface area contributed by atoms with E-state index in [9.17, 15) is 32.3 Å². The summed E-state index contributed by atoms with van der Waals surface area (Å²) < 4.78 is 41.2. The summed E-state index contributed by atoms with van der Waals surface area (Å²) in [7, 11) is 0. The third-order valence-electron chi connectivity index (χ3n) is 4.92. The van der Waals surface area contributed by atoms with Gasteiger partial charge in [-0.1, -0.05) is 19.1 Å². The van der Waals surface area contributed by atoms with Gasteiger partial charge in [0.25, 0.3) is 11.1 Å². The number of anilines is 1. The van der Waals surface area contributed by atoms with E-state index in [1.54, 1.807) is 19.1 Å². The van der Waals surface area contributed by atoms with Crippen LogP contribution in [0.25, 0.3) is 10.8 Å². The van der Waals surface area contributed by atoms with Crippen LogP contribution in [0.5, 0.6) is 0 Å². The molecule has 0 aliphatic heterocycles. The van der Waals surface area contributed by atoms with Crippen LogP contribution in [0.4, 0.5) is 18.9 Å². The van der Waals surface area contributed by atoms with E-state index in [0.717, 1.165) is 10.7 Å². The van der Waals surface area contributed by atoms with E-state index in [4.69, 9.17) is 0 Å². The summed E-state index contributed by atoms with van der Waals surface area (Å²) >= 11 is 0. The molecule has 0 aliphatic rings. The van der Waals surface area contributed by atoms with Crippen molar-refractivity contribution >= 4 is 28.3 Å². The van der Waals surface area contributed by atoms with Crippen molar-refractivity contribution in [3.05, 3.63) is 74.6 Å². The van der Waals surface area contributed by atoms with Gasteiger partial charge in [-0.25, -0.2) is 17.9 Å². The van der Waals surface area contributed by atoms with Crippen LogP contribution in [-0.2, 0) is 16.1 Å². The second-order valence-electron chi connectivity index (χ2n) is 7.28. The molecule has 0 fully saturated rings. The molecule has 1 aromatic heterocycles. The summed E-state index contributed by atoms with van der Waals surface area (Å²) in [6, 6.07) is 7.82. The highest BCUT2D eigenvalue weighted by Gasteiger charge is 2.20. The molecule has 0 saturated heterocycles. The van der Waals surface area contributed by atoms with E-state index in [1.807, 2.05) is 0 Å². The highest BCUT2D eigenvalue weighted by Crippen LogP contribution is 2.19. The first kappa shape index (κ1) is 23.8. The number of rotatable bonds is 8. The zero-order valence-electron chi connectivity index (χ0n) is 17.7. The first-order valence-corrected chi connectivity index (χ1v) is 10.2. The number of aryl methyl sites for hydroxylation is 1. The summed E-state index contributed by atoms with van der Waals surface area (Å²) in [4.78, 5) is 50.9. The van der Waals surface area contributed by atoms with Crippen LogP contribution in [-0.4, -0.2) is 39.6 Å². The third-order valence-corrected chi connectivity index (χ3v) is 4.92. The Bertz CT molecular complexity index is 1320. The maximum Gasteiger partial charge on any atom is 0.273 e. The molecule has 0 unspecified atom stereocenters. The van der Waals surface area contributed by atoms with Crippen molar-refractivity contribution in [2.75, 3.05) is 18.4 Å². The second kappa shape index (κ2) is 10.2. The number of nitrogens with zero attached hydrogens (tertiary/aromatic N) is 2. The molecule has 0 spiro atoms. The number of H-pyrrole nitrogens is 1. The molecule has 3 rings (SSSR count). The molecule has 8 nitrogen and oxygen atoms in total. The van der Waals surface area contributed by atoms with Crippen LogP contribution < -0.4 is 16.4 Å². The van der Waals surface area contributed by atoms with Gasteiger partial charge in [-0.3, -0.25) is 24.3 Å². The molecule has 1 heterocycles. The Kier molecular flexibility index (Phi) is 7.31. The van der Waals surface area contributed by atoms with Gasteiger partial charge >= 0.3 is 0 Å². The van der Waals surface area contributed by atoms with Crippen molar-refractivity contribution in [2.24, 2.45) is 0 Å². The summed E-state index contributed by atoms with van der Waals surface area (Å²) in [6.07, 6.45) is 0.312. The number of benzene rings is 2. The molecule has 2 N–H and O–H groups in total. The van der Waals surface area contributed by atoms with Crippen molar-refractivity contribution in [1.29, 1.82) is 0 Å². The molecule has 0 radical (unpaired) electrons. The van der Waals surface area contributed by atoms with E-state index < -0.39 is 52.6 Å². The standard InChI is InChI=1S/C22H21F3N4O4/c1-2-10-28(12-17(30)26-16-8-7-15(23)19(24)20(16)25)18(31)9-11-29-22(33)14-6-4-3-5-13(14)21(32)27-29/h3-8H,2,9-12H2,1H3,(H,26,30)(H,27,32). The maximum atomic E-state index is 13.8. The van der Waals surface area contributed by atoms with E-state index in [2.05, 4.69) is 10.4 Å². The molecular weight excluding hydrogens is 441 g/mol. The first-order valence-electron chi connectivity index (χ1n) is 10.2. The number of carbonyl (C=O) groups excluding carboxylic acids is 2. The zero-order chi connectivity index (χ0) is 24.1. The number of aromatic amines is 1. The Morgan fingerprint density at radius 3 is 2.42 bits per heavy atom. The number of hydrogen-bond acceptors (Lipinski definition) is 4. The Morgan fingerprint density at radius 1 is 1.03 bits per heavy atom. The molecule has 0 bridgehead atoms. The number of aromatic nitrogens is 2. The van der Waals surface area contributed by atoms with E-state index >= 15 is 0 Å². The summed E-state index contributed by atoms with van der Waals surface area (Å²) in [5.74, 6) is -5.95. The SMILES string of the molecule is CCCN(CC(=O)Nc1ccc(F)c(F)c1F)C(=O)CCn1[nH]c(=O)c2ccccc2c1=O. The average Bonchev–Trinajstić information content (AvgIpc) is 2.80. The molecule has 0 saturated carbocycles. The molecule has 33 heavy (non-hydrogen) atoms. The van der Waals surface area contributed by atoms with E-state index in [-0.39, 0.29) is 30.3 Å². The first-order chi connectivity index (χ1) is 15.7.